The van der Waals surface area contributed by atoms with Gasteiger partial charge in [-0.25, -0.2) is 0 Å². The molecule has 0 saturated carbocycles. The summed E-state index contributed by atoms with van der Waals surface area (Å²) in [4.78, 5) is 43.9. The van der Waals surface area contributed by atoms with Crippen LogP contribution in [-0.4, -0.2) is 64.7 Å². The molecule has 220 valence electrons. The van der Waals surface area contributed by atoms with E-state index in [9.17, 15) is 19.5 Å². The quantitative estimate of drug-likeness (QED) is 0.376. The second-order valence-corrected chi connectivity index (χ2v) is 11.9. The molecule has 2 bridgehead atoms. The van der Waals surface area contributed by atoms with Crippen LogP contribution in [0.5, 0.6) is 5.75 Å². The summed E-state index contributed by atoms with van der Waals surface area (Å²) in [5.74, 6) is -1.78. The topological polar surface area (TPSA) is 117 Å². The van der Waals surface area contributed by atoms with Gasteiger partial charge in [0.25, 0.3) is 0 Å². The number of carbonyl (C=O) groups excluding carboxylic acids is 3. The van der Waals surface area contributed by atoms with Gasteiger partial charge in [0.05, 0.1) is 24.0 Å². The Morgan fingerprint density at radius 3 is 2.39 bits per heavy atom. The van der Waals surface area contributed by atoms with E-state index in [0.717, 1.165) is 16.8 Å². The van der Waals surface area contributed by atoms with Crippen molar-refractivity contribution in [3.63, 3.8) is 0 Å². The zero-order valence-corrected chi connectivity index (χ0v) is 24.5. The Kier molecular flexibility index (Phi) is 7.87. The van der Waals surface area contributed by atoms with E-state index in [1.54, 1.807) is 29.2 Å². The highest BCUT2D eigenvalue weighted by Gasteiger charge is 2.79. The number of aryl methyl sites for hydroxylation is 2. The number of carbonyl (C=O) groups is 3. The molecule has 2 aromatic rings. The predicted molar refractivity (Wildman–Crippen MR) is 156 cm³/mol. The number of hydrogen-bond donors (Lipinski definition) is 3. The maximum atomic E-state index is 14.2. The molecule has 3 aliphatic rings. The van der Waals surface area contributed by atoms with E-state index in [0.29, 0.717) is 43.9 Å². The van der Waals surface area contributed by atoms with Gasteiger partial charge in [-0.15, -0.1) is 0 Å². The minimum Gasteiger partial charge on any atom is -0.494 e. The first-order valence-electron chi connectivity index (χ1n) is 14.6. The summed E-state index contributed by atoms with van der Waals surface area (Å²) >= 11 is 0. The molecular formula is C32H41N3O6. The molecule has 9 nitrogen and oxygen atoms in total. The number of anilines is 2. The minimum absolute atomic E-state index is 0.00537. The molecule has 3 fully saturated rings. The molecule has 0 radical (unpaired) electrons. The van der Waals surface area contributed by atoms with Gasteiger partial charge in [-0.2, -0.15) is 0 Å². The fourth-order valence-corrected chi connectivity index (χ4v) is 7.30. The van der Waals surface area contributed by atoms with Crippen molar-refractivity contribution in [3.05, 3.63) is 53.6 Å². The molecule has 1 spiro atoms. The van der Waals surface area contributed by atoms with Crippen LogP contribution >= 0.6 is 0 Å². The van der Waals surface area contributed by atoms with Crippen molar-refractivity contribution in [2.75, 3.05) is 30.4 Å². The Morgan fingerprint density at radius 2 is 1.76 bits per heavy atom. The first-order chi connectivity index (χ1) is 19.6. The molecule has 41 heavy (non-hydrogen) atoms. The van der Waals surface area contributed by atoms with Crippen LogP contribution in [0.15, 0.2) is 42.5 Å². The van der Waals surface area contributed by atoms with Crippen molar-refractivity contribution in [3.8, 4) is 5.75 Å². The van der Waals surface area contributed by atoms with Crippen LogP contribution < -0.4 is 15.4 Å². The highest BCUT2D eigenvalue weighted by atomic mass is 16.5. The maximum Gasteiger partial charge on any atom is 0.250 e. The molecular weight excluding hydrogens is 522 g/mol. The van der Waals surface area contributed by atoms with Crippen LogP contribution in [0, 0.1) is 31.6 Å². The van der Waals surface area contributed by atoms with E-state index >= 15 is 0 Å². The van der Waals surface area contributed by atoms with Crippen molar-refractivity contribution in [2.24, 2.45) is 17.8 Å². The highest BCUT2D eigenvalue weighted by Crippen LogP contribution is 2.65. The van der Waals surface area contributed by atoms with E-state index in [1.807, 2.05) is 52.8 Å². The van der Waals surface area contributed by atoms with Gasteiger partial charge in [0.2, 0.25) is 17.7 Å². The van der Waals surface area contributed by atoms with Crippen LogP contribution in [-0.2, 0) is 19.1 Å². The molecule has 3 amide bonds. The third-order valence-electron chi connectivity index (χ3n) is 9.31. The number of ether oxygens (including phenoxy) is 2. The summed E-state index contributed by atoms with van der Waals surface area (Å²) in [6, 6.07) is 12.0. The van der Waals surface area contributed by atoms with E-state index < -0.39 is 29.1 Å². The number of benzene rings is 2. The normalized spacial score (nSPS) is 29.9. The molecule has 6 atom stereocenters. The predicted octanol–water partition coefficient (Wildman–Crippen LogP) is 4.06. The number of nitrogens with zero attached hydrogens (tertiary/aromatic N) is 1. The number of aliphatic hydroxyl groups excluding tert-OH is 1. The van der Waals surface area contributed by atoms with Crippen LogP contribution in [0.1, 0.15) is 51.2 Å². The van der Waals surface area contributed by atoms with E-state index in [4.69, 9.17) is 9.47 Å². The summed E-state index contributed by atoms with van der Waals surface area (Å²) in [5, 5.41) is 15.5. The van der Waals surface area contributed by atoms with Crippen molar-refractivity contribution >= 4 is 29.1 Å². The molecule has 3 aliphatic heterocycles. The van der Waals surface area contributed by atoms with Gasteiger partial charge in [-0.05, 0) is 88.3 Å². The first kappa shape index (κ1) is 29.1. The van der Waals surface area contributed by atoms with Crippen molar-refractivity contribution in [1.29, 1.82) is 0 Å². The molecule has 5 rings (SSSR count). The van der Waals surface area contributed by atoms with Crippen molar-refractivity contribution in [2.45, 2.75) is 71.1 Å². The van der Waals surface area contributed by atoms with Crippen LogP contribution in [0.25, 0.3) is 0 Å². The molecule has 2 aromatic carbocycles. The molecule has 0 aliphatic carbocycles. The van der Waals surface area contributed by atoms with Gasteiger partial charge in [0.1, 0.15) is 17.4 Å². The number of aliphatic hydroxyl groups is 1. The number of rotatable bonds is 10. The summed E-state index contributed by atoms with van der Waals surface area (Å²) in [5.41, 5.74) is 1.12. The lowest BCUT2D eigenvalue weighted by Crippen LogP contribution is -2.54. The number of fused-ring (bicyclic) bond motifs is 1. The van der Waals surface area contributed by atoms with Gasteiger partial charge in [0, 0.05) is 24.5 Å². The lowest BCUT2D eigenvalue weighted by Gasteiger charge is -2.36. The lowest BCUT2D eigenvalue weighted by molar-refractivity contribution is -0.144. The SMILES string of the molecule is CCOc1ccc(NC(=O)[C@@H]2[C@H]3C(=O)N(CCCCO)C(C(=O)Nc4c(C)cccc4C)C34CC(C)[C@@]2(C)O4)cc1. The monoisotopic (exact) mass is 563 g/mol. The van der Waals surface area contributed by atoms with Gasteiger partial charge in [-0.1, -0.05) is 25.1 Å². The summed E-state index contributed by atoms with van der Waals surface area (Å²) in [6.45, 7) is 10.5. The van der Waals surface area contributed by atoms with Gasteiger partial charge >= 0.3 is 0 Å². The number of hydrogen-bond acceptors (Lipinski definition) is 6. The van der Waals surface area contributed by atoms with Crippen molar-refractivity contribution < 1.29 is 29.0 Å². The molecule has 3 saturated heterocycles. The first-order valence-corrected chi connectivity index (χ1v) is 14.6. The number of nitrogens with one attached hydrogen (secondary N) is 2. The van der Waals surface area contributed by atoms with E-state index in [2.05, 4.69) is 10.6 Å². The fraction of sp³-hybridized carbons (Fsp3) is 0.531. The van der Waals surface area contributed by atoms with E-state index in [1.165, 1.54) is 0 Å². The second-order valence-electron chi connectivity index (χ2n) is 11.9. The molecule has 0 aromatic heterocycles. The summed E-state index contributed by atoms with van der Waals surface area (Å²) in [7, 11) is 0. The third-order valence-corrected chi connectivity index (χ3v) is 9.31. The molecule has 3 heterocycles. The Labute approximate surface area is 241 Å². The Morgan fingerprint density at radius 1 is 1.07 bits per heavy atom. The summed E-state index contributed by atoms with van der Waals surface area (Å²) < 4.78 is 12.3. The molecule has 3 unspecified atom stereocenters. The van der Waals surface area contributed by atoms with Crippen LogP contribution in [0.2, 0.25) is 0 Å². The fourth-order valence-electron chi connectivity index (χ4n) is 7.30. The maximum absolute atomic E-state index is 14.2. The lowest BCUT2D eigenvalue weighted by atomic mass is 9.62. The smallest absolute Gasteiger partial charge is 0.250 e. The molecule has 9 heteroatoms. The highest BCUT2D eigenvalue weighted by molar-refractivity contribution is 6.05. The number of amides is 3. The second kappa shape index (κ2) is 11.1. The third kappa shape index (κ3) is 4.78. The zero-order valence-electron chi connectivity index (χ0n) is 24.5. The standard InChI is InChI=1S/C32H41N3O6/c1-6-40-23-14-12-22(13-15-23)33-28(37)24-25-30(39)35(16-7-8-17-36)27(32(25)18-21(4)31(24,5)41-32)29(38)34-26-19(2)10-9-11-20(26)3/h9-15,21,24-25,27,36H,6-8,16-18H2,1-5H3,(H,33,37)(H,34,38)/t21?,24-,25-,27?,31+,32?/m0/s1. The average molecular weight is 564 g/mol. The minimum atomic E-state index is -1.13. The Hall–Kier alpha value is -3.43. The number of unbranched alkanes of at least 4 members (excludes halogenated alkanes) is 1. The van der Waals surface area contributed by atoms with Crippen LogP contribution in [0.3, 0.4) is 0 Å². The Bertz CT molecular complexity index is 1310. The summed E-state index contributed by atoms with van der Waals surface area (Å²) in [6.07, 6.45) is 1.53. The molecule has 3 N–H and O–H groups in total. The van der Waals surface area contributed by atoms with Crippen LogP contribution in [0.4, 0.5) is 11.4 Å². The number of para-hydroxylation sites is 1. The van der Waals surface area contributed by atoms with E-state index in [-0.39, 0.29) is 30.2 Å². The van der Waals surface area contributed by atoms with Crippen molar-refractivity contribution in [1.82, 2.24) is 4.90 Å². The largest absolute Gasteiger partial charge is 0.494 e. The Balaban J connectivity index is 1.49. The van der Waals surface area contributed by atoms with Gasteiger partial charge in [-0.3, -0.25) is 14.4 Å². The number of likely N-dealkylation sites (tertiary alicyclic amines) is 1. The van der Waals surface area contributed by atoms with Gasteiger partial charge in [0.15, 0.2) is 0 Å². The average Bonchev–Trinajstić information content (AvgIpc) is 3.44. The zero-order chi connectivity index (χ0) is 29.5. The van der Waals surface area contributed by atoms with Gasteiger partial charge < -0.3 is 30.1 Å².